The van der Waals surface area contributed by atoms with Crippen LogP contribution in [0.5, 0.6) is 0 Å². The molecule has 122 valence electrons. The van der Waals surface area contributed by atoms with E-state index in [9.17, 15) is 13.6 Å². The molecule has 0 spiro atoms. The summed E-state index contributed by atoms with van der Waals surface area (Å²) in [5.74, 6) is -1.74. The van der Waals surface area contributed by atoms with Crippen LogP contribution in [0.3, 0.4) is 0 Å². The van der Waals surface area contributed by atoms with Crippen LogP contribution in [0.2, 0.25) is 5.02 Å². The fraction of sp³-hybridized carbons (Fsp3) is 0.235. The van der Waals surface area contributed by atoms with Crippen molar-refractivity contribution >= 4 is 23.7 Å². The highest BCUT2D eigenvalue weighted by atomic mass is 35.5. The van der Waals surface area contributed by atoms with E-state index in [1.54, 1.807) is 0 Å². The van der Waals surface area contributed by atoms with E-state index >= 15 is 0 Å². The van der Waals surface area contributed by atoms with Gasteiger partial charge in [0.15, 0.2) is 11.6 Å². The molecule has 0 heterocycles. The number of carbonyl (C=O) groups excluding carboxylic acids is 1. The molecule has 0 fully saturated rings. The summed E-state index contributed by atoms with van der Waals surface area (Å²) in [6.45, 7) is 2.96. The molecule has 23 heavy (non-hydrogen) atoms. The summed E-state index contributed by atoms with van der Waals surface area (Å²) in [6.07, 6.45) is 0.435. The number of hydrogen-bond acceptors (Lipinski definition) is 2. The fourth-order valence-electron chi connectivity index (χ4n) is 2.29. The first-order valence-electron chi connectivity index (χ1n) is 7.15. The Hall–Kier alpha value is -1.98. The van der Waals surface area contributed by atoms with Crippen molar-refractivity contribution in [3.63, 3.8) is 0 Å². The highest BCUT2D eigenvalue weighted by Crippen LogP contribution is 2.21. The SMILES string of the molecule is CC(CNCc1cc(F)c(F)cc1NC=O)c1cccc(Cl)c1. The lowest BCUT2D eigenvalue weighted by atomic mass is 10.0. The smallest absolute Gasteiger partial charge is 0.211 e. The van der Waals surface area contributed by atoms with Crippen LogP contribution in [-0.2, 0) is 11.3 Å². The van der Waals surface area contributed by atoms with Gasteiger partial charge in [0, 0.05) is 29.9 Å². The molecule has 0 radical (unpaired) electrons. The van der Waals surface area contributed by atoms with Crippen LogP contribution in [-0.4, -0.2) is 13.0 Å². The standard InChI is InChI=1S/C17H17ClF2N2O/c1-11(12-3-2-4-14(18)5-12)8-21-9-13-6-15(19)16(20)7-17(13)22-10-23/h2-7,10-11,21H,8-9H2,1H3,(H,22,23). The van der Waals surface area contributed by atoms with Crippen molar-refractivity contribution in [1.29, 1.82) is 0 Å². The summed E-state index contributed by atoms with van der Waals surface area (Å²) >= 11 is 5.97. The fourth-order valence-corrected chi connectivity index (χ4v) is 2.49. The Kier molecular flexibility index (Phi) is 6.07. The quantitative estimate of drug-likeness (QED) is 0.747. The predicted octanol–water partition coefficient (Wildman–Crippen LogP) is 4.08. The molecule has 1 atom stereocenters. The molecule has 2 aromatic carbocycles. The highest BCUT2D eigenvalue weighted by molar-refractivity contribution is 6.30. The van der Waals surface area contributed by atoms with Gasteiger partial charge < -0.3 is 10.6 Å². The van der Waals surface area contributed by atoms with Gasteiger partial charge in [-0.1, -0.05) is 30.7 Å². The van der Waals surface area contributed by atoms with Crippen LogP contribution in [0.15, 0.2) is 36.4 Å². The second-order valence-corrected chi connectivity index (χ2v) is 5.71. The molecule has 3 nitrogen and oxygen atoms in total. The Morgan fingerprint density at radius 1 is 1.22 bits per heavy atom. The molecule has 0 saturated heterocycles. The van der Waals surface area contributed by atoms with E-state index in [4.69, 9.17) is 11.6 Å². The summed E-state index contributed by atoms with van der Waals surface area (Å²) in [6, 6.07) is 9.62. The monoisotopic (exact) mass is 338 g/mol. The van der Waals surface area contributed by atoms with Gasteiger partial charge >= 0.3 is 0 Å². The normalized spacial score (nSPS) is 12.0. The number of rotatable bonds is 7. The van der Waals surface area contributed by atoms with Crippen LogP contribution in [0.25, 0.3) is 0 Å². The average molecular weight is 339 g/mol. The third-order valence-corrected chi connectivity index (χ3v) is 3.78. The van der Waals surface area contributed by atoms with Gasteiger partial charge in [0.05, 0.1) is 0 Å². The van der Waals surface area contributed by atoms with Crippen LogP contribution < -0.4 is 10.6 Å². The lowest BCUT2D eigenvalue weighted by Crippen LogP contribution is -2.20. The summed E-state index contributed by atoms with van der Waals surface area (Å²) in [5.41, 5.74) is 1.82. The van der Waals surface area contributed by atoms with Crippen molar-refractivity contribution in [3.8, 4) is 0 Å². The van der Waals surface area contributed by atoms with Gasteiger partial charge in [-0.2, -0.15) is 0 Å². The largest absolute Gasteiger partial charge is 0.328 e. The number of amides is 1. The molecule has 2 N–H and O–H groups in total. The number of halogens is 3. The molecule has 2 aromatic rings. The summed E-state index contributed by atoms with van der Waals surface area (Å²) < 4.78 is 26.6. The molecule has 0 aliphatic rings. The van der Waals surface area contributed by atoms with E-state index in [0.717, 1.165) is 17.7 Å². The van der Waals surface area contributed by atoms with Crippen molar-refractivity contribution in [3.05, 3.63) is 64.2 Å². The van der Waals surface area contributed by atoms with Crippen LogP contribution in [0.1, 0.15) is 24.0 Å². The predicted molar refractivity (Wildman–Crippen MR) is 87.6 cm³/mol. The minimum absolute atomic E-state index is 0.196. The third-order valence-electron chi connectivity index (χ3n) is 3.54. The van der Waals surface area contributed by atoms with Crippen LogP contribution in [0.4, 0.5) is 14.5 Å². The molecular formula is C17H17ClF2N2O. The molecule has 2 rings (SSSR count). The molecule has 1 amide bonds. The minimum Gasteiger partial charge on any atom is -0.328 e. The molecule has 1 unspecified atom stereocenters. The Bertz CT molecular complexity index is 694. The zero-order valence-electron chi connectivity index (χ0n) is 12.6. The maximum absolute atomic E-state index is 13.4. The Morgan fingerprint density at radius 3 is 2.65 bits per heavy atom. The first-order chi connectivity index (χ1) is 11.0. The number of benzene rings is 2. The van der Waals surface area contributed by atoms with Crippen molar-refractivity contribution < 1.29 is 13.6 Å². The Balaban J connectivity index is 2.00. The molecule has 6 heteroatoms. The topological polar surface area (TPSA) is 41.1 Å². The van der Waals surface area contributed by atoms with E-state index in [1.165, 1.54) is 0 Å². The van der Waals surface area contributed by atoms with Crippen LogP contribution in [0, 0.1) is 11.6 Å². The minimum atomic E-state index is -0.995. The van der Waals surface area contributed by atoms with E-state index < -0.39 is 11.6 Å². The van der Waals surface area contributed by atoms with E-state index in [1.807, 2.05) is 31.2 Å². The molecule has 0 aromatic heterocycles. The van der Waals surface area contributed by atoms with Gasteiger partial charge in [-0.3, -0.25) is 4.79 Å². The second-order valence-electron chi connectivity index (χ2n) is 5.27. The number of nitrogens with one attached hydrogen (secondary N) is 2. The van der Waals surface area contributed by atoms with Crippen molar-refractivity contribution in [1.82, 2.24) is 5.32 Å². The highest BCUT2D eigenvalue weighted by Gasteiger charge is 2.11. The van der Waals surface area contributed by atoms with Crippen molar-refractivity contribution in [2.45, 2.75) is 19.4 Å². The molecule has 0 bridgehead atoms. The summed E-state index contributed by atoms with van der Waals surface area (Å²) in [7, 11) is 0. The number of carbonyl (C=O) groups is 1. The van der Waals surface area contributed by atoms with Crippen molar-refractivity contribution in [2.75, 3.05) is 11.9 Å². The van der Waals surface area contributed by atoms with E-state index in [2.05, 4.69) is 10.6 Å². The van der Waals surface area contributed by atoms with Gasteiger partial charge in [-0.25, -0.2) is 8.78 Å². The first kappa shape index (κ1) is 17.4. The zero-order chi connectivity index (χ0) is 16.8. The van der Waals surface area contributed by atoms with E-state index in [-0.39, 0.29) is 11.6 Å². The van der Waals surface area contributed by atoms with Crippen molar-refractivity contribution in [2.24, 2.45) is 0 Å². The molecular weight excluding hydrogens is 322 g/mol. The molecule has 0 aliphatic heterocycles. The van der Waals surface area contributed by atoms with Gasteiger partial charge in [-0.15, -0.1) is 0 Å². The maximum atomic E-state index is 13.4. The first-order valence-corrected chi connectivity index (χ1v) is 7.53. The Morgan fingerprint density at radius 2 is 1.96 bits per heavy atom. The van der Waals surface area contributed by atoms with Gasteiger partial charge in [0.1, 0.15) is 0 Å². The van der Waals surface area contributed by atoms with Gasteiger partial charge in [-0.05, 0) is 35.2 Å². The Labute approximate surface area is 138 Å². The maximum Gasteiger partial charge on any atom is 0.211 e. The third kappa shape index (κ3) is 4.74. The summed E-state index contributed by atoms with van der Waals surface area (Å²) in [5, 5.41) is 6.23. The summed E-state index contributed by atoms with van der Waals surface area (Å²) in [4.78, 5) is 10.6. The average Bonchev–Trinajstić information content (AvgIpc) is 2.52. The van der Waals surface area contributed by atoms with Gasteiger partial charge in [0.2, 0.25) is 6.41 Å². The zero-order valence-corrected chi connectivity index (χ0v) is 13.3. The van der Waals surface area contributed by atoms with Crippen LogP contribution >= 0.6 is 11.6 Å². The lowest BCUT2D eigenvalue weighted by molar-refractivity contribution is -0.105. The lowest BCUT2D eigenvalue weighted by Gasteiger charge is -2.15. The second kappa shape index (κ2) is 8.04. The number of anilines is 1. The molecule has 0 aliphatic carbocycles. The number of hydrogen-bond donors (Lipinski definition) is 2. The molecule has 0 saturated carbocycles. The van der Waals surface area contributed by atoms with Gasteiger partial charge in [0.25, 0.3) is 0 Å². The van der Waals surface area contributed by atoms with E-state index in [0.29, 0.717) is 30.1 Å².